The van der Waals surface area contributed by atoms with Gasteiger partial charge < -0.3 is 19.3 Å². The van der Waals surface area contributed by atoms with Crippen molar-refractivity contribution in [1.82, 2.24) is 19.8 Å². The minimum Gasteiger partial charge on any atom is -0.461 e. The van der Waals surface area contributed by atoms with E-state index in [0.29, 0.717) is 31.1 Å². The number of likely N-dealkylation sites (tertiary alicyclic amines) is 1. The van der Waals surface area contributed by atoms with Gasteiger partial charge in [0.1, 0.15) is 19.0 Å². The molecule has 1 amide bonds. The van der Waals surface area contributed by atoms with Crippen molar-refractivity contribution in [1.29, 1.82) is 0 Å². The van der Waals surface area contributed by atoms with Gasteiger partial charge in [0.15, 0.2) is 0 Å². The number of anilines is 1. The average molecular weight is 706 g/mol. The van der Waals surface area contributed by atoms with Gasteiger partial charge in [0, 0.05) is 43.5 Å². The maximum atomic E-state index is 12.9. The van der Waals surface area contributed by atoms with Crippen molar-refractivity contribution >= 4 is 22.8 Å². The summed E-state index contributed by atoms with van der Waals surface area (Å²) in [6.45, 7) is 15.2. The number of piperidine rings is 2. The molecule has 2 aromatic carbocycles. The number of fused-ring (bicyclic) bond motifs is 5. The number of aromatic nitrogens is 2. The van der Waals surface area contributed by atoms with E-state index in [9.17, 15) is 4.79 Å². The van der Waals surface area contributed by atoms with Crippen LogP contribution in [0.2, 0.25) is 0 Å². The van der Waals surface area contributed by atoms with Crippen LogP contribution in [-0.2, 0) is 11.2 Å². The van der Waals surface area contributed by atoms with Gasteiger partial charge in [0.2, 0.25) is 0 Å². The molecule has 6 atom stereocenters. The van der Waals surface area contributed by atoms with Gasteiger partial charge in [-0.15, -0.1) is 0 Å². The Labute approximate surface area is 310 Å². The molecule has 4 aliphatic heterocycles. The number of nitrogens with zero attached hydrogens (tertiary/aromatic N) is 5. The summed E-state index contributed by atoms with van der Waals surface area (Å²) in [7, 11) is 0. The average Bonchev–Trinajstić information content (AvgIpc) is 3.84. The number of aryl methyl sites for hydroxylation is 2. The summed E-state index contributed by atoms with van der Waals surface area (Å²) >= 11 is 0. The maximum Gasteiger partial charge on any atom is 0.409 e. The summed E-state index contributed by atoms with van der Waals surface area (Å²) in [6.07, 6.45) is 13.9. The smallest absolute Gasteiger partial charge is 0.409 e. The van der Waals surface area contributed by atoms with Gasteiger partial charge in [-0.2, -0.15) is 9.97 Å². The van der Waals surface area contributed by atoms with Crippen LogP contribution >= 0.6 is 0 Å². The Morgan fingerprint density at radius 2 is 1.69 bits per heavy atom. The molecule has 5 fully saturated rings. The molecule has 1 aromatic heterocycles. The zero-order valence-electron chi connectivity index (χ0n) is 32.1. The second-order valence-electron chi connectivity index (χ2n) is 17.8. The van der Waals surface area contributed by atoms with E-state index in [-0.39, 0.29) is 17.7 Å². The SMILES string of the molecule is Cc1ccc2c(c1C)[C@H](c1ccc3c(N4CC5CCC(C5)C4)nc(OCC45CCCN4C(COC(=O)N4CCCCC4)CC5)nc3c1C)C[C@H](C)C2. The van der Waals surface area contributed by atoms with E-state index in [4.69, 9.17) is 19.4 Å². The molecule has 52 heavy (non-hydrogen) atoms. The third kappa shape index (κ3) is 6.15. The molecule has 0 radical (unpaired) electrons. The van der Waals surface area contributed by atoms with Crippen molar-refractivity contribution in [2.75, 3.05) is 50.8 Å². The number of carbonyl (C=O) groups excluding carboxylic acids is 1. The summed E-state index contributed by atoms with van der Waals surface area (Å²) in [5.41, 5.74) is 9.55. The fourth-order valence-corrected chi connectivity index (χ4v) is 11.5. The van der Waals surface area contributed by atoms with Crippen LogP contribution in [0, 0.1) is 38.5 Å². The minimum absolute atomic E-state index is 0.0564. The van der Waals surface area contributed by atoms with Crippen LogP contribution in [0.1, 0.15) is 117 Å². The number of benzene rings is 2. The molecule has 0 spiro atoms. The molecule has 8 nitrogen and oxygen atoms in total. The fourth-order valence-electron chi connectivity index (χ4n) is 11.5. The Morgan fingerprint density at radius 3 is 2.50 bits per heavy atom. The van der Waals surface area contributed by atoms with E-state index >= 15 is 0 Å². The molecule has 8 heteroatoms. The van der Waals surface area contributed by atoms with Gasteiger partial charge in [-0.1, -0.05) is 25.1 Å². The summed E-state index contributed by atoms with van der Waals surface area (Å²) in [4.78, 5) is 30.5. The molecular weight excluding hydrogens is 647 g/mol. The number of ether oxygens (including phenoxy) is 2. The lowest BCUT2D eigenvalue weighted by Crippen LogP contribution is -2.48. The van der Waals surface area contributed by atoms with E-state index in [0.717, 1.165) is 113 Å². The lowest BCUT2D eigenvalue weighted by atomic mass is 9.71. The number of carbonyl (C=O) groups is 1. The van der Waals surface area contributed by atoms with Crippen molar-refractivity contribution < 1.29 is 14.3 Å². The molecule has 4 saturated heterocycles. The first-order valence-corrected chi connectivity index (χ1v) is 20.7. The summed E-state index contributed by atoms with van der Waals surface area (Å²) in [5, 5.41) is 1.16. The molecule has 278 valence electrons. The highest BCUT2D eigenvalue weighted by atomic mass is 16.6. The Hall–Kier alpha value is -3.39. The molecule has 3 aromatic rings. The Kier molecular flexibility index (Phi) is 9.12. The summed E-state index contributed by atoms with van der Waals surface area (Å²) in [5.74, 6) is 3.57. The highest BCUT2D eigenvalue weighted by Gasteiger charge is 2.50. The largest absolute Gasteiger partial charge is 0.461 e. The van der Waals surface area contributed by atoms with Crippen LogP contribution in [0.5, 0.6) is 6.01 Å². The van der Waals surface area contributed by atoms with Gasteiger partial charge in [0.05, 0.1) is 11.1 Å². The second-order valence-corrected chi connectivity index (χ2v) is 17.8. The first-order valence-electron chi connectivity index (χ1n) is 20.7. The van der Waals surface area contributed by atoms with Gasteiger partial charge in [-0.3, -0.25) is 4.90 Å². The van der Waals surface area contributed by atoms with Crippen LogP contribution < -0.4 is 9.64 Å². The molecule has 5 heterocycles. The normalized spacial score (nSPS) is 30.1. The highest BCUT2D eigenvalue weighted by Crippen LogP contribution is 2.46. The van der Waals surface area contributed by atoms with Gasteiger partial charge in [0.25, 0.3) is 0 Å². The third-order valence-electron chi connectivity index (χ3n) is 14.4. The van der Waals surface area contributed by atoms with E-state index in [1.165, 1.54) is 59.1 Å². The maximum absolute atomic E-state index is 12.9. The first kappa shape index (κ1) is 34.4. The molecule has 6 aliphatic rings. The second kappa shape index (κ2) is 13.8. The Morgan fingerprint density at radius 1 is 0.885 bits per heavy atom. The molecule has 9 rings (SSSR count). The summed E-state index contributed by atoms with van der Waals surface area (Å²) in [6, 6.07) is 10.2. The van der Waals surface area contributed by atoms with Gasteiger partial charge >= 0.3 is 12.1 Å². The molecule has 0 N–H and O–H groups in total. The molecule has 4 unspecified atom stereocenters. The molecule has 2 bridgehead atoms. The van der Waals surface area contributed by atoms with Crippen LogP contribution in [0.15, 0.2) is 24.3 Å². The third-order valence-corrected chi connectivity index (χ3v) is 14.4. The number of hydrogen-bond donors (Lipinski definition) is 0. The zero-order valence-corrected chi connectivity index (χ0v) is 32.1. The standard InChI is InChI=1S/C44H59N5O3/c1-28-21-34-12-9-29(2)30(3)39(34)38(22-28)36-13-14-37-40(31(36)4)45-42(46-41(37)48-24-32-10-11-33(23-32)25-48)52-27-44-16-8-20-49(44)35(15-17-44)26-51-43(50)47-18-6-5-7-19-47/h9,12-14,28,32-33,35,38H,5-8,10-11,15-27H2,1-4H3/t28-,32?,33?,35?,38+,44?/m1/s1. The van der Waals surface area contributed by atoms with E-state index in [1.807, 2.05) is 4.90 Å². The lowest BCUT2D eigenvalue weighted by Gasteiger charge is -2.36. The van der Waals surface area contributed by atoms with Gasteiger partial charge in [-0.05, 0) is 162 Å². The molecule has 2 aliphatic carbocycles. The number of hydrogen-bond acceptors (Lipinski definition) is 7. The Bertz CT molecular complexity index is 1830. The van der Waals surface area contributed by atoms with Crippen molar-refractivity contribution in [2.45, 2.75) is 122 Å². The Balaban J connectivity index is 1.02. The molecule has 1 saturated carbocycles. The predicted octanol–water partition coefficient (Wildman–Crippen LogP) is 8.50. The lowest BCUT2D eigenvalue weighted by molar-refractivity contribution is 0.0420. The van der Waals surface area contributed by atoms with Gasteiger partial charge in [-0.25, -0.2) is 4.79 Å². The van der Waals surface area contributed by atoms with Crippen LogP contribution in [-0.4, -0.2) is 83.4 Å². The monoisotopic (exact) mass is 705 g/mol. The van der Waals surface area contributed by atoms with Crippen molar-refractivity contribution in [3.63, 3.8) is 0 Å². The highest BCUT2D eigenvalue weighted by molar-refractivity contribution is 5.93. The topological polar surface area (TPSA) is 71.0 Å². The van der Waals surface area contributed by atoms with E-state index in [1.54, 1.807) is 0 Å². The predicted molar refractivity (Wildman–Crippen MR) is 207 cm³/mol. The molecular formula is C44H59N5O3. The zero-order chi connectivity index (χ0) is 35.6. The van der Waals surface area contributed by atoms with Crippen molar-refractivity contribution in [2.24, 2.45) is 17.8 Å². The minimum atomic E-state index is -0.137. The fraction of sp³-hybridized carbons (Fsp3) is 0.659. The van der Waals surface area contributed by atoms with E-state index in [2.05, 4.69) is 61.8 Å². The van der Waals surface area contributed by atoms with Crippen LogP contribution in [0.25, 0.3) is 10.9 Å². The summed E-state index contributed by atoms with van der Waals surface area (Å²) < 4.78 is 12.7. The van der Waals surface area contributed by atoms with Crippen molar-refractivity contribution in [3.05, 3.63) is 57.6 Å². The van der Waals surface area contributed by atoms with Crippen LogP contribution in [0.3, 0.4) is 0 Å². The first-order chi connectivity index (χ1) is 25.3. The van der Waals surface area contributed by atoms with Crippen molar-refractivity contribution in [3.8, 4) is 6.01 Å². The number of rotatable bonds is 7. The van der Waals surface area contributed by atoms with Crippen LogP contribution in [0.4, 0.5) is 10.6 Å². The quantitative estimate of drug-likeness (QED) is 0.244. The number of amides is 1. The van der Waals surface area contributed by atoms with E-state index < -0.39 is 0 Å².